The van der Waals surface area contributed by atoms with Gasteiger partial charge in [0.25, 0.3) is 0 Å². The van der Waals surface area contributed by atoms with Crippen LogP contribution in [0, 0.1) is 118 Å². The van der Waals surface area contributed by atoms with Crippen LogP contribution in [0.5, 0.6) is 0 Å². The maximum absolute atomic E-state index is 15.4. The minimum absolute atomic E-state index is 0.155. The molecule has 0 N–H and O–H groups in total. The summed E-state index contributed by atoms with van der Waals surface area (Å²) in [4.78, 5) is 0. The lowest BCUT2D eigenvalue weighted by atomic mass is 9.91. The average Bonchev–Trinajstić information content (AvgIpc) is 0.991. The van der Waals surface area contributed by atoms with Crippen LogP contribution in [0.25, 0.3) is 122 Å². The van der Waals surface area contributed by atoms with Crippen LogP contribution in [0.15, 0.2) is 230 Å². The fourth-order valence-corrected chi connectivity index (χ4v) is 21.3. The molecule has 124 heavy (non-hydrogen) atoms. The highest BCUT2D eigenvalue weighted by molar-refractivity contribution is 5.98. The van der Waals surface area contributed by atoms with Crippen molar-refractivity contribution in [1.29, 1.82) is 0 Å². The van der Waals surface area contributed by atoms with Crippen LogP contribution < -0.4 is 18.3 Å². The van der Waals surface area contributed by atoms with Gasteiger partial charge in [0.05, 0.1) is 38.2 Å². The molecule has 0 atom stereocenters. The van der Waals surface area contributed by atoms with Gasteiger partial charge in [0.2, 0.25) is 22.8 Å². The molecular formula is C118H130F2N4+4. The molecule has 0 radical (unpaired) electrons. The van der Waals surface area contributed by atoms with Gasteiger partial charge in [-0.15, -0.1) is 0 Å². The number of hydrogen-bond acceptors (Lipinski definition) is 0. The normalized spacial score (nSPS) is 15.0. The van der Waals surface area contributed by atoms with Crippen LogP contribution in [0.3, 0.4) is 0 Å². The van der Waals surface area contributed by atoms with Gasteiger partial charge in [-0.2, -0.15) is 18.3 Å². The van der Waals surface area contributed by atoms with E-state index in [1.165, 1.54) is 203 Å². The van der Waals surface area contributed by atoms with E-state index in [-0.39, 0.29) is 11.6 Å². The van der Waals surface area contributed by atoms with Gasteiger partial charge in [0.15, 0.2) is 22.8 Å². The lowest BCUT2D eigenvalue weighted by Gasteiger charge is -2.15. The zero-order chi connectivity index (χ0) is 90.2. The Bertz CT molecular complexity index is 6700. The van der Waals surface area contributed by atoms with Gasteiger partial charge in [-0.3, -0.25) is 0 Å². The van der Waals surface area contributed by atoms with Crippen molar-refractivity contribution in [1.82, 2.24) is 0 Å². The largest absolute Gasteiger partial charge is 0.223 e. The Morgan fingerprint density at radius 2 is 0.613 bits per heavy atom. The third kappa shape index (κ3) is 18.5. The maximum atomic E-state index is 15.4. The van der Waals surface area contributed by atoms with Crippen molar-refractivity contribution in [2.45, 2.75) is 212 Å². The second-order valence-corrected chi connectivity index (χ2v) is 37.4. The molecule has 0 bridgehead atoms. The lowest BCUT2D eigenvalue weighted by molar-refractivity contribution is -0.665. The van der Waals surface area contributed by atoms with Gasteiger partial charge < -0.3 is 0 Å². The summed E-state index contributed by atoms with van der Waals surface area (Å²) in [5.74, 6) is 2.80. The number of aromatic nitrogens is 4. The molecule has 4 heterocycles. The number of halogens is 2. The van der Waals surface area contributed by atoms with E-state index in [1.54, 1.807) is 6.07 Å². The van der Waals surface area contributed by atoms with E-state index in [1.807, 2.05) is 103 Å². The zero-order valence-corrected chi connectivity index (χ0v) is 76.6. The Labute approximate surface area is 744 Å². The minimum Gasteiger partial charge on any atom is -0.206 e. The Kier molecular flexibility index (Phi) is 24.8. The Morgan fingerprint density at radius 1 is 0.274 bits per heavy atom. The number of fused-ring (bicyclic) bond motifs is 4. The molecule has 632 valence electrons. The number of rotatable bonds is 15. The van der Waals surface area contributed by atoms with Crippen molar-refractivity contribution >= 4 is 43.1 Å². The van der Waals surface area contributed by atoms with Gasteiger partial charge in [-0.05, 0) is 269 Å². The summed E-state index contributed by atoms with van der Waals surface area (Å²) in [5, 5.41) is 8.45. The van der Waals surface area contributed by atoms with E-state index in [4.69, 9.17) is 5.48 Å². The molecule has 11 aromatic carbocycles. The number of hydrogen-bond donors (Lipinski definition) is 0. The van der Waals surface area contributed by atoms with Crippen molar-refractivity contribution in [2.24, 2.45) is 51.9 Å². The number of nitrogens with zero attached hydrogens (tertiary/aromatic N) is 4. The van der Waals surface area contributed by atoms with Crippen molar-refractivity contribution in [3.63, 3.8) is 0 Å². The lowest BCUT2D eigenvalue weighted by Crippen LogP contribution is -2.35. The van der Waals surface area contributed by atoms with E-state index in [2.05, 4.69) is 227 Å². The number of pyridine rings is 4. The topological polar surface area (TPSA) is 15.5 Å². The van der Waals surface area contributed by atoms with Gasteiger partial charge >= 0.3 is 0 Å². The van der Waals surface area contributed by atoms with Gasteiger partial charge in [0.1, 0.15) is 39.8 Å². The van der Waals surface area contributed by atoms with Gasteiger partial charge in [0, 0.05) is 68.6 Å². The van der Waals surface area contributed by atoms with Crippen LogP contribution >= 0.6 is 0 Å². The highest BCUT2D eigenvalue weighted by atomic mass is 19.1. The van der Waals surface area contributed by atoms with Gasteiger partial charge in [-0.1, -0.05) is 260 Å². The van der Waals surface area contributed by atoms with E-state index < -0.39 is 0 Å². The molecule has 0 amide bonds. The summed E-state index contributed by atoms with van der Waals surface area (Å²) in [6.45, 7) is 24.8. The van der Waals surface area contributed by atoms with Crippen molar-refractivity contribution in [2.75, 3.05) is 0 Å². The summed E-state index contributed by atoms with van der Waals surface area (Å²) >= 11 is 0. The monoisotopic (exact) mass is 1650 g/mol. The molecule has 4 saturated carbocycles. The first-order valence-electron chi connectivity index (χ1n) is 48.2. The van der Waals surface area contributed by atoms with E-state index in [0.717, 1.165) is 144 Å². The van der Waals surface area contributed by atoms with E-state index in [0.29, 0.717) is 40.9 Å². The quantitative estimate of drug-likeness (QED) is 0.0909. The molecule has 0 unspecified atom stereocenters. The number of aryl methyl sites for hydroxylation is 7. The van der Waals surface area contributed by atoms with Crippen LogP contribution in [-0.2, 0) is 53.9 Å². The third-order valence-electron chi connectivity index (χ3n) is 28.7. The Morgan fingerprint density at radius 3 is 1.00 bits per heavy atom. The predicted octanol–water partition coefficient (Wildman–Crippen LogP) is 29.2. The molecule has 4 aromatic heterocycles. The summed E-state index contributed by atoms with van der Waals surface area (Å²) in [7, 11) is 8.16. The second-order valence-electron chi connectivity index (χ2n) is 37.4. The molecule has 6 heteroatoms. The maximum Gasteiger partial charge on any atom is 0.223 e. The Hall–Kier alpha value is -11.1. The molecule has 4 fully saturated rings. The van der Waals surface area contributed by atoms with Crippen LogP contribution in [0.4, 0.5) is 8.78 Å². The molecule has 15 aromatic rings. The fourth-order valence-electron chi connectivity index (χ4n) is 21.3. The summed E-state index contributed by atoms with van der Waals surface area (Å²) in [6, 6.07) is 75.2. The minimum atomic E-state index is -0.206. The first-order chi connectivity index (χ1) is 61.6. The van der Waals surface area contributed by atoms with Crippen molar-refractivity contribution in [3.8, 4) is 78.4 Å². The smallest absolute Gasteiger partial charge is 0.206 e. The van der Waals surface area contributed by atoms with Crippen molar-refractivity contribution in [3.05, 3.63) is 332 Å². The van der Waals surface area contributed by atoms with Crippen LogP contribution in [0.2, 0.25) is 0 Å². The highest BCUT2D eigenvalue weighted by Gasteiger charge is 2.30. The molecule has 0 aliphatic heterocycles. The van der Waals surface area contributed by atoms with Crippen molar-refractivity contribution < 1.29 is 32.5 Å². The highest BCUT2D eigenvalue weighted by Crippen LogP contribution is 2.42. The average molecular weight is 1650 g/mol. The Balaban J connectivity index is 0.000000126. The predicted molar refractivity (Wildman–Crippen MR) is 518 cm³/mol. The first-order valence-corrected chi connectivity index (χ1v) is 46.2. The molecular weight excluding hydrogens is 1510 g/mol. The zero-order valence-electron chi connectivity index (χ0n) is 80.6. The standard InChI is InChI=1S/C32H36N.C30H31FN.C30H32N.C26H31FN/c1-21-9-8-10-22(2)31(21)27-14-16-29(23(3)17-27)32-30-15-13-26(19-25-11-6-7-12-25)20-28(30)18-24(4)33(32)5;1-20-15-29(31)28(24-11-5-4-6-12-24)19-27(20)30-26-14-13-23(17-22-9-7-8-10-22)18-25(26)16-21(2)32(30)3;1-21-17-26(25-11-5-4-6-12-25)14-16-28(21)30-29-15-13-24(19-23-9-7-8-10-23)20-27(29)18-22(2)31(30)3;1-16-12-17(2)25(27)24(19(16)4)26-23-11-10-21(14-20-8-6-7-9-20)15-22(23)13-18(3)28(26)5/h8-10,13-18,20,25H,6-7,11-12,19H2,1-5H3;4-6,11-16,18-19,22H,7-10,17H2,1-3H3;4-6,11-18,20,23H,7-10,19H2,1-3H3;10-13,15,20H,6-9,14H2,1-5H3/q4*+1/i18D;16D;18D;13D. The first kappa shape index (κ1) is 81.3. The molecule has 0 saturated heterocycles. The summed E-state index contributed by atoms with van der Waals surface area (Å²) in [6.07, 6.45) is 26.0. The summed E-state index contributed by atoms with van der Waals surface area (Å²) < 4.78 is 74.2. The summed E-state index contributed by atoms with van der Waals surface area (Å²) in [5.41, 5.74) is 33.0. The number of benzene rings is 11. The van der Waals surface area contributed by atoms with Gasteiger partial charge in [-0.25, -0.2) is 8.78 Å². The fraction of sp³-hybridized carbons (Fsp3) is 0.339. The van der Waals surface area contributed by atoms with Crippen LogP contribution in [0.1, 0.15) is 198 Å². The molecule has 0 spiro atoms. The van der Waals surface area contributed by atoms with E-state index >= 15 is 4.39 Å². The SMILES string of the molecule is [2H]c1c(C)[n+](C)c(-c2c(C)c(C)cc(C)c2F)c2ccc(CC3CCCC3)cc12.[2H]c1c(C)[n+](C)c(-c2cc(-c3ccccc3)c(F)cc2C)c2ccc(CC3CCCC3)cc12.[2H]c1c(C)[n+](C)c(-c2ccc(-c3c(C)cccc3C)cc2C)c2ccc(CC3CCCC3)cc12.[2H]c1c(C)[n+](C)c(-c2ccc(-c3ccccc3)cc2C)c2ccc(CC3CCCC3)cc12. The molecule has 19 rings (SSSR count). The second kappa shape index (κ2) is 37.8. The van der Waals surface area contributed by atoms with Crippen LogP contribution in [-0.4, -0.2) is 0 Å². The molecule has 4 aliphatic carbocycles. The molecule has 4 nitrogen and oxygen atoms in total. The third-order valence-corrected chi connectivity index (χ3v) is 28.7. The molecule has 4 aliphatic rings. The van der Waals surface area contributed by atoms with E-state index in [9.17, 15) is 4.39 Å².